The highest BCUT2D eigenvalue weighted by molar-refractivity contribution is 7.89. The van der Waals surface area contributed by atoms with Crippen molar-refractivity contribution < 1.29 is 21.6 Å². The quantitative estimate of drug-likeness (QED) is 0.345. The summed E-state index contributed by atoms with van der Waals surface area (Å²) in [4.78, 5) is 1.15. The summed E-state index contributed by atoms with van der Waals surface area (Å²) in [6, 6.07) is 7.94. The number of hydrogen-bond donors (Lipinski definition) is 2. The molecule has 10 heteroatoms. The van der Waals surface area contributed by atoms with E-state index in [2.05, 4.69) is 10.0 Å². The second-order valence-electron chi connectivity index (χ2n) is 8.78. The van der Waals surface area contributed by atoms with Crippen LogP contribution in [0.15, 0.2) is 35.7 Å². The molecule has 0 bridgehead atoms. The molecular weight excluding hydrogens is 493 g/mol. The molecule has 0 unspecified atom stereocenters. The fourth-order valence-electron chi connectivity index (χ4n) is 4.37. The highest BCUT2D eigenvalue weighted by Crippen LogP contribution is 2.48. The smallest absolute Gasteiger partial charge is 0.377 e. The standard InChI is InChI=1S/C23H30ClF3N2O2S2/c1-15(14-28-33(30,31)12-4-10-24)6-8-18-16(2)19-13-17(23(25,26)27)7-9-20(19)29-22(18)21-5-3-11-32-21/h3,5,7,9,11,13,15-16,18,22,28-29H,4,6,8,10,12,14H2,1-2H3/t15-,16+,18-,22-/m1/s1. The van der Waals surface area contributed by atoms with Crippen molar-refractivity contribution in [1.29, 1.82) is 0 Å². The molecule has 2 heterocycles. The van der Waals surface area contributed by atoms with E-state index >= 15 is 0 Å². The van der Waals surface area contributed by atoms with Crippen LogP contribution in [0.3, 0.4) is 0 Å². The van der Waals surface area contributed by atoms with E-state index in [1.54, 1.807) is 11.3 Å². The van der Waals surface area contributed by atoms with Crippen LogP contribution >= 0.6 is 22.9 Å². The van der Waals surface area contributed by atoms with E-state index in [0.29, 0.717) is 24.4 Å². The van der Waals surface area contributed by atoms with Crippen LogP contribution in [0.1, 0.15) is 61.1 Å². The molecule has 1 aromatic heterocycles. The molecule has 1 aliphatic heterocycles. The zero-order valence-electron chi connectivity index (χ0n) is 18.7. The highest BCUT2D eigenvalue weighted by Gasteiger charge is 2.38. The van der Waals surface area contributed by atoms with Crippen molar-refractivity contribution >= 4 is 38.6 Å². The van der Waals surface area contributed by atoms with Crippen molar-refractivity contribution in [3.8, 4) is 0 Å². The fourth-order valence-corrected chi connectivity index (χ4v) is 6.72. The SMILES string of the molecule is C[C@H](CC[C@@H]1[C@H](C)c2cc(C(F)(F)F)ccc2N[C@H]1c1cccs1)CNS(=O)(=O)CCCCl. The number of fused-ring (bicyclic) bond motifs is 1. The van der Waals surface area contributed by atoms with Gasteiger partial charge >= 0.3 is 6.18 Å². The van der Waals surface area contributed by atoms with E-state index in [4.69, 9.17) is 11.6 Å². The number of rotatable bonds is 10. The van der Waals surface area contributed by atoms with Gasteiger partial charge in [0.1, 0.15) is 0 Å². The molecule has 0 radical (unpaired) electrons. The monoisotopic (exact) mass is 522 g/mol. The molecule has 184 valence electrons. The Hall–Kier alpha value is -1.29. The van der Waals surface area contributed by atoms with Gasteiger partial charge in [-0.2, -0.15) is 13.2 Å². The first-order valence-electron chi connectivity index (χ1n) is 11.1. The zero-order chi connectivity index (χ0) is 24.2. The predicted molar refractivity (Wildman–Crippen MR) is 130 cm³/mol. The van der Waals surface area contributed by atoms with Crippen molar-refractivity contribution in [2.75, 3.05) is 23.5 Å². The summed E-state index contributed by atoms with van der Waals surface area (Å²) in [5, 5.41) is 5.48. The van der Waals surface area contributed by atoms with Gasteiger partial charge in [0.05, 0.1) is 17.4 Å². The van der Waals surface area contributed by atoms with Crippen molar-refractivity contribution in [3.05, 3.63) is 51.7 Å². The molecule has 1 aromatic carbocycles. The second-order valence-corrected chi connectivity index (χ2v) is 12.1. The van der Waals surface area contributed by atoms with E-state index in [0.717, 1.165) is 29.5 Å². The molecule has 0 saturated heterocycles. The number of alkyl halides is 4. The molecule has 4 atom stereocenters. The number of benzene rings is 1. The summed E-state index contributed by atoms with van der Waals surface area (Å²) in [6.07, 6.45) is -2.47. The maximum Gasteiger partial charge on any atom is 0.416 e. The third-order valence-electron chi connectivity index (χ3n) is 6.29. The van der Waals surface area contributed by atoms with Crippen LogP contribution in [-0.2, 0) is 16.2 Å². The third kappa shape index (κ3) is 6.87. The number of nitrogens with one attached hydrogen (secondary N) is 2. The highest BCUT2D eigenvalue weighted by atomic mass is 35.5. The van der Waals surface area contributed by atoms with Crippen molar-refractivity contribution in [2.24, 2.45) is 11.8 Å². The van der Waals surface area contributed by atoms with Gasteiger partial charge in [0, 0.05) is 23.0 Å². The van der Waals surface area contributed by atoms with Gasteiger partial charge in [-0.1, -0.05) is 19.9 Å². The molecule has 2 N–H and O–H groups in total. The van der Waals surface area contributed by atoms with E-state index in [9.17, 15) is 21.6 Å². The van der Waals surface area contributed by atoms with Gasteiger partial charge in [0.25, 0.3) is 0 Å². The molecule has 2 aromatic rings. The normalized spacial score (nSPS) is 21.9. The molecule has 0 aliphatic carbocycles. The summed E-state index contributed by atoms with van der Waals surface area (Å²) in [5.74, 6) is 0.393. The minimum absolute atomic E-state index is 0.00292. The Morgan fingerprint density at radius 2 is 2.03 bits per heavy atom. The summed E-state index contributed by atoms with van der Waals surface area (Å²) in [6.45, 7) is 4.31. The molecule has 3 rings (SSSR count). The Bertz CT molecular complexity index is 1010. The Morgan fingerprint density at radius 3 is 2.67 bits per heavy atom. The van der Waals surface area contributed by atoms with Crippen LogP contribution in [0.5, 0.6) is 0 Å². The summed E-state index contributed by atoms with van der Waals surface area (Å²) in [5.41, 5.74) is 0.783. The molecule has 0 spiro atoms. The molecule has 0 saturated carbocycles. The van der Waals surface area contributed by atoms with Crippen molar-refractivity contribution in [3.63, 3.8) is 0 Å². The van der Waals surface area contributed by atoms with Gasteiger partial charge in [-0.15, -0.1) is 22.9 Å². The summed E-state index contributed by atoms with van der Waals surface area (Å²) in [7, 11) is -3.35. The Labute approximate surface area is 203 Å². The predicted octanol–water partition coefficient (Wildman–Crippen LogP) is 6.62. The lowest BCUT2D eigenvalue weighted by Crippen LogP contribution is -2.33. The van der Waals surface area contributed by atoms with Gasteiger partial charge in [-0.3, -0.25) is 0 Å². The van der Waals surface area contributed by atoms with Crippen LogP contribution in [0.4, 0.5) is 18.9 Å². The minimum Gasteiger partial charge on any atom is -0.377 e. The van der Waals surface area contributed by atoms with Crippen LogP contribution in [0, 0.1) is 11.8 Å². The number of sulfonamides is 1. The first kappa shape index (κ1) is 26.3. The van der Waals surface area contributed by atoms with E-state index in [1.807, 2.05) is 31.4 Å². The third-order valence-corrected chi connectivity index (χ3v) is 8.95. The van der Waals surface area contributed by atoms with Gasteiger partial charge in [-0.25, -0.2) is 13.1 Å². The molecule has 4 nitrogen and oxygen atoms in total. The van der Waals surface area contributed by atoms with Crippen LogP contribution in [-0.4, -0.2) is 26.6 Å². The second kappa shape index (κ2) is 11.0. The number of halogens is 4. The Balaban J connectivity index is 1.74. The fraction of sp³-hybridized carbons (Fsp3) is 0.565. The van der Waals surface area contributed by atoms with Gasteiger partial charge in [0.15, 0.2) is 0 Å². The minimum atomic E-state index is -4.38. The van der Waals surface area contributed by atoms with Crippen LogP contribution in [0.2, 0.25) is 0 Å². The van der Waals surface area contributed by atoms with Gasteiger partial charge in [-0.05, 0) is 72.2 Å². The van der Waals surface area contributed by atoms with Crippen LogP contribution < -0.4 is 10.0 Å². The molecular formula is C23H30ClF3N2O2S2. The topological polar surface area (TPSA) is 58.2 Å². The largest absolute Gasteiger partial charge is 0.416 e. The van der Waals surface area contributed by atoms with E-state index in [1.165, 1.54) is 12.1 Å². The van der Waals surface area contributed by atoms with Gasteiger partial charge < -0.3 is 5.32 Å². The van der Waals surface area contributed by atoms with Crippen molar-refractivity contribution in [2.45, 2.75) is 51.2 Å². The Morgan fingerprint density at radius 1 is 1.27 bits per heavy atom. The van der Waals surface area contributed by atoms with Gasteiger partial charge in [0.2, 0.25) is 10.0 Å². The first-order chi connectivity index (χ1) is 15.5. The molecule has 0 fully saturated rings. The molecule has 33 heavy (non-hydrogen) atoms. The molecule has 0 amide bonds. The average Bonchev–Trinajstić information content (AvgIpc) is 3.29. The lowest BCUT2D eigenvalue weighted by molar-refractivity contribution is -0.137. The van der Waals surface area contributed by atoms with Crippen molar-refractivity contribution in [1.82, 2.24) is 4.72 Å². The molecule has 1 aliphatic rings. The zero-order valence-corrected chi connectivity index (χ0v) is 21.0. The maximum atomic E-state index is 13.3. The van der Waals surface area contributed by atoms with E-state index in [-0.39, 0.29) is 29.5 Å². The first-order valence-corrected chi connectivity index (χ1v) is 14.1. The van der Waals surface area contributed by atoms with Crippen LogP contribution in [0.25, 0.3) is 0 Å². The Kier molecular flexibility index (Phi) is 8.75. The lowest BCUT2D eigenvalue weighted by atomic mass is 9.74. The van der Waals surface area contributed by atoms with E-state index < -0.39 is 21.8 Å². The summed E-state index contributed by atoms with van der Waals surface area (Å²) < 4.78 is 66.7. The average molecular weight is 523 g/mol. The number of anilines is 1. The lowest BCUT2D eigenvalue weighted by Gasteiger charge is -2.40. The maximum absolute atomic E-state index is 13.3. The number of thiophene rings is 1. The number of hydrogen-bond acceptors (Lipinski definition) is 4. The summed E-state index contributed by atoms with van der Waals surface area (Å²) >= 11 is 7.21.